The van der Waals surface area contributed by atoms with Crippen LogP contribution in [0.2, 0.25) is 5.02 Å². The summed E-state index contributed by atoms with van der Waals surface area (Å²) in [5.74, 6) is -0.322. The van der Waals surface area contributed by atoms with E-state index in [1.54, 1.807) is 19.2 Å². The summed E-state index contributed by atoms with van der Waals surface area (Å²) in [5.41, 5.74) is 3.61. The highest BCUT2D eigenvalue weighted by molar-refractivity contribution is 6.31. The van der Waals surface area contributed by atoms with Crippen LogP contribution in [0.15, 0.2) is 30.3 Å². The fraction of sp³-hybridized carbons (Fsp3) is 0.188. The van der Waals surface area contributed by atoms with Gasteiger partial charge in [0.05, 0.1) is 12.7 Å². The van der Waals surface area contributed by atoms with E-state index in [9.17, 15) is 9.90 Å². The number of methoxy groups -OCH3 is 1. The lowest BCUT2D eigenvalue weighted by Crippen LogP contribution is -2.01. The molecule has 0 saturated heterocycles. The molecule has 3 nitrogen and oxygen atoms in total. The van der Waals surface area contributed by atoms with Crippen molar-refractivity contribution in [1.29, 1.82) is 0 Å². The van der Waals surface area contributed by atoms with Gasteiger partial charge in [-0.3, -0.25) is 0 Å². The summed E-state index contributed by atoms with van der Waals surface area (Å²) in [5, 5.41) is 9.74. The highest BCUT2D eigenvalue weighted by Gasteiger charge is 2.17. The van der Waals surface area contributed by atoms with Crippen molar-refractivity contribution in [2.45, 2.75) is 13.8 Å². The molecule has 0 amide bonds. The van der Waals surface area contributed by atoms with Crippen molar-refractivity contribution in [3.8, 4) is 16.9 Å². The van der Waals surface area contributed by atoms with Crippen LogP contribution >= 0.6 is 11.6 Å². The van der Waals surface area contributed by atoms with Gasteiger partial charge in [-0.05, 0) is 42.7 Å². The van der Waals surface area contributed by atoms with E-state index < -0.39 is 5.97 Å². The predicted octanol–water partition coefficient (Wildman–Crippen LogP) is 4.33. The molecule has 0 fully saturated rings. The molecule has 0 aliphatic heterocycles. The second-order valence-electron chi connectivity index (χ2n) is 4.58. The Hall–Kier alpha value is -2.00. The summed E-state index contributed by atoms with van der Waals surface area (Å²) >= 11 is 5.88. The first kappa shape index (κ1) is 14.4. The Morgan fingerprint density at radius 1 is 1.15 bits per heavy atom. The van der Waals surface area contributed by atoms with E-state index in [2.05, 4.69) is 0 Å². The van der Waals surface area contributed by atoms with Gasteiger partial charge in [0.2, 0.25) is 0 Å². The first-order chi connectivity index (χ1) is 9.45. The van der Waals surface area contributed by atoms with Crippen molar-refractivity contribution in [1.82, 2.24) is 0 Å². The van der Waals surface area contributed by atoms with Crippen molar-refractivity contribution < 1.29 is 14.6 Å². The molecule has 2 aromatic rings. The zero-order chi connectivity index (χ0) is 14.9. The topological polar surface area (TPSA) is 46.5 Å². The van der Waals surface area contributed by atoms with Crippen molar-refractivity contribution >= 4 is 17.6 Å². The van der Waals surface area contributed by atoms with Crippen molar-refractivity contribution in [3.63, 3.8) is 0 Å². The zero-order valence-electron chi connectivity index (χ0n) is 11.5. The number of carboxylic acids is 1. The molecule has 0 aliphatic rings. The molecule has 0 radical (unpaired) electrons. The van der Waals surface area contributed by atoms with Gasteiger partial charge in [-0.2, -0.15) is 0 Å². The van der Waals surface area contributed by atoms with E-state index in [0.29, 0.717) is 16.3 Å². The van der Waals surface area contributed by atoms with Crippen LogP contribution in [0.25, 0.3) is 11.1 Å². The summed E-state index contributed by atoms with van der Waals surface area (Å²) in [6, 6.07) is 8.66. The van der Waals surface area contributed by atoms with Crippen LogP contribution in [0, 0.1) is 13.8 Å². The Morgan fingerprint density at radius 2 is 1.80 bits per heavy atom. The maximum Gasteiger partial charge on any atom is 0.336 e. The Kier molecular flexibility index (Phi) is 4.00. The summed E-state index contributed by atoms with van der Waals surface area (Å²) in [6.45, 7) is 3.94. The molecule has 104 valence electrons. The van der Waals surface area contributed by atoms with Gasteiger partial charge in [-0.25, -0.2) is 4.79 Å². The monoisotopic (exact) mass is 290 g/mol. The highest BCUT2D eigenvalue weighted by Crippen LogP contribution is 2.37. The number of ether oxygens (including phenoxy) is 1. The van der Waals surface area contributed by atoms with Crippen LogP contribution in [-0.2, 0) is 0 Å². The van der Waals surface area contributed by atoms with Gasteiger partial charge in [0.15, 0.2) is 0 Å². The van der Waals surface area contributed by atoms with Gasteiger partial charge >= 0.3 is 5.97 Å². The number of rotatable bonds is 3. The van der Waals surface area contributed by atoms with Crippen LogP contribution in [0.1, 0.15) is 21.5 Å². The smallest absolute Gasteiger partial charge is 0.336 e. The fourth-order valence-electron chi connectivity index (χ4n) is 2.19. The third-order valence-corrected chi connectivity index (χ3v) is 3.62. The van der Waals surface area contributed by atoms with Gasteiger partial charge in [0.25, 0.3) is 0 Å². The molecule has 0 spiro atoms. The van der Waals surface area contributed by atoms with E-state index in [0.717, 1.165) is 16.7 Å². The van der Waals surface area contributed by atoms with Gasteiger partial charge in [0, 0.05) is 10.6 Å². The molecule has 2 aromatic carbocycles. The first-order valence-corrected chi connectivity index (χ1v) is 6.51. The largest absolute Gasteiger partial charge is 0.496 e. The number of aryl methyl sites for hydroxylation is 1. The highest BCUT2D eigenvalue weighted by atomic mass is 35.5. The standard InChI is InChI=1S/C16H15ClO3/c1-9-4-6-13(15(20-3)10(9)2)12-7-5-11(17)8-14(12)16(18)19/h4-8H,1-3H3,(H,18,19). The molecule has 0 aliphatic carbocycles. The minimum atomic E-state index is -1.01. The molecule has 1 N–H and O–H groups in total. The maximum atomic E-state index is 11.4. The summed E-state index contributed by atoms with van der Waals surface area (Å²) < 4.78 is 5.45. The van der Waals surface area contributed by atoms with Crippen LogP contribution in [0.4, 0.5) is 0 Å². The molecule has 0 aromatic heterocycles. The number of benzene rings is 2. The normalized spacial score (nSPS) is 10.4. The summed E-state index contributed by atoms with van der Waals surface area (Å²) in [7, 11) is 1.58. The van der Waals surface area contributed by atoms with Gasteiger partial charge in [-0.1, -0.05) is 29.8 Å². The van der Waals surface area contributed by atoms with Crippen LogP contribution in [0.3, 0.4) is 0 Å². The molecule has 0 bridgehead atoms. The first-order valence-electron chi connectivity index (χ1n) is 6.13. The Balaban J connectivity index is 2.75. The average Bonchev–Trinajstić information content (AvgIpc) is 2.41. The number of aromatic carboxylic acids is 1. The molecule has 20 heavy (non-hydrogen) atoms. The zero-order valence-corrected chi connectivity index (χ0v) is 12.3. The Bertz CT molecular complexity index is 678. The average molecular weight is 291 g/mol. The van der Waals surface area contributed by atoms with Crippen molar-refractivity contribution in [2.24, 2.45) is 0 Å². The number of carboxylic acid groups (broad SMARTS) is 1. The quantitative estimate of drug-likeness (QED) is 0.915. The molecule has 0 saturated carbocycles. The molecule has 0 atom stereocenters. The molecular formula is C16H15ClO3. The lowest BCUT2D eigenvalue weighted by molar-refractivity contribution is 0.0697. The van der Waals surface area contributed by atoms with E-state index >= 15 is 0 Å². The molecular weight excluding hydrogens is 276 g/mol. The maximum absolute atomic E-state index is 11.4. The number of halogens is 1. The summed E-state index contributed by atoms with van der Waals surface area (Å²) in [4.78, 5) is 11.4. The molecule has 4 heteroatoms. The van der Waals surface area contributed by atoms with E-state index in [-0.39, 0.29) is 5.56 Å². The van der Waals surface area contributed by atoms with Crippen LogP contribution in [0.5, 0.6) is 5.75 Å². The van der Waals surface area contributed by atoms with E-state index in [1.807, 2.05) is 26.0 Å². The SMILES string of the molecule is COc1c(-c2ccc(Cl)cc2C(=O)O)ccc(C)c1C. The minimum absolute atomic E-state index is 0.166. The van der Waals surface area contributed by atoms with Crippen molar-refractivity contribution in [2.75, 3.05) is 7.11 Å². The molecule has 0 unspecified atom stereocenters. The molecule has 0 heterocycles. The Labute approximate surface area is 122 Å². The third-order valence-electron chi connectivity index (χ3n) is 3.38. The van der Waals surface area contributed by atoms with Gasteiger partial charge in [0.1, 0.15) is 5.75 Å². The Morgan fingerprint density at radius 3 is 2.40 bits per heavy atom. The lowest BCUT2D eigenvalue weighted by Gasteiger charge is -2.15. The number of hydrogen-bond acceptors (Lipinski definition) is 2. The van der Waals surface area contributed by atoms with E-state index in [1.165, 1.54) is 6.07 Å². The minimum Gasteiger partial charge on any atom is -0.496 e. The predicted molar refractivity (Wildman–Crippen MR) is 79.9 cm³/mol. The van der Waals surface area contributed by atoms with Gasteiger partial charge in [-0.15, -0.1) is 0 Å². The second-order valence-corrected chi connectivity index (χ2v) is 5.02. The van der Waals surface area contributed by atoms with E-state index in [4.69, 9.17) is 16.3 Å². The summed E-state index contributed by atoms with van der Waals surface area (Å²) in [6.07, 6.45) is 0. The number of hydrogen-bond donors (Lipinski definition) is 1. The fourth-order valence-corrected chi connectivity index (χ4v) is 2.37. The lowest BCUT2D eigenvalue weighted by atomic mass is 9.95. The number of carbonyl (C=O) groups is 1. The van der Waals surface area contributed by atoms with Crippen LogP contribution in [-0.4, -0.2) is 18.2 Å². The van der Waals surface area contributed by atoms with Crippen molar-refractivity contribution in [3.05, 3.63) is 52.0 Å². The third kappa shape index (κ3) is 2.49. The van der Waals surface area contributed by atoms with Gasteiger partial charge < -0.3 is 9.84 Å². The van der Waals surface area contributed by atoms with Crippen LogP contribution < -0.4 is 4.74 Å². The molecule has 2 rings (SSSR count). The second kappa shape index (κ2) is 5.55.